The van der Waals surface area contributed by atoms with E-state index in [9.17, 15) is 9.50 Å². The molecular weight excluding hydrogens is 221 g/mol. The minimum absolute atomic E-state index is 0.195. The summed E-state index contributed by atoms with van der Waals surface area (Å²) in [6, 6.07) is 4.53. The van der Waals surface area contributed by atoms with Gasteiger partial charge in [-0.1, -0.05) is 6.07 Å². The fraction of sp³-hybridized carbons (Fsp3) is 0.538. The number of ether oxygens (including phenoxy) is 1. The third-order valence-electron chi connectivity index (χ3n) is 3.18. The van der Waals surface area contributed by atoms with Crippen LogP contribution in [0.5, 0.6) is 5.75 Å². The summed E-state index contributed by atoms with van der Waals surface area (Å²) >= 11 is 0. The first-order valence-corrected chi connectivity index (χ1v) is 5.97. The SMILES string of the molecule is CC(N)c1ccc(OC2CCCC2O)c(F)c1. The molecule has 0 aromatic heterocycles. The van der Waals surface area contributed by atoms with E-state index in [1.807, 2.05) is 0 Å². The molecule has 1 aliphatic rings. The van der Waals surface area contributed by atoms with E-state index in [4.69, 9.17) is 10.5 Å². The fourth-order valence-electron chi connectivity index (χ4n) is 2.10. The predicted octanol–water partition coefficient (Wildman–Crippen LogP) is 2.14. The highest BCUT2D eigenvalue weighted by atomic mass is 19.1. The average molecular weight is 239 g/mol. The number of hydrogen-bond acceptors (Lipinski definition) is 3. The summed E-state index contributed by atoms with van der Waals surface area (Å²) in [6.45, 7) is 1.80. The topological polar surface area (TPSA) is 55.5 Å². The Kier molecular flexibility index (Phi) is 3.64. The van der Waals surface area contributed by atoms with Crippen LogP contribution in [0.2, 0.25) is 0 Å². The van der Waals surface area contributed by atoms with Crippen LogP contribution in [0.1, 0.15) is 37.8 Å². The maximum atomic E-state index is 13.7. The summed E-state index contributed by atoms with van der Waals surface area (Å²) in [5.74, 6) is -0.223. The monoisotopic (exact) mass is 239 g/mol. The van der Waals surface area contributed by atoms with Gasteiger partial charge in [-0.3, -0.25) is 0 Å². The van der Waals surface area contributed by atoms with Gasteiger partial charge in [-0.2, -0.15) is 0 Å². The number of aliphatic hydroxyl groups is 1. The third kappa shape index (κ3) is 2.76. The van der Waals surface area contributed by atoms with Gasteiger partial charge in [0, 0.05) is 6.04 Å². The summed E-state index contributed by atoms with van der Waals surface area (Å²) in [7, 11) is 0. The van der Waals surface area contributed by atoms with E-state index in [1.165, 1.54) is 6.07 Å². The van der Waals surface area contributed by atoms with E-state index in [2.05, 4.69) is 0 Å². The van der Waals surface area contributed by atoms with Gasteiger partial charge in [-0.25, -0.2) is 4.39 Å². The molecule has 94 valence electrons. The van der Waals surface area contributed by atoms with Crippen LogP contribution in [-0.4, -0.2) is 17.3 Å². The van der Waals surface area contributed by atoms with Crippen molar-refractivity contribution in [3.05, 3.63) is 29.6 Å². The summed E-state index contributed by atoms with van der Waals surface area (Å²) in [5.41, 5.74) is 6.41. The highest BCUT2D eigenvalue weighted by Crippen LogP contribution is 2.27. The van der Waals surface area contributed by atoms with Gasteiger partial charge in [0.05, 0.1) is 6.10 Å². The maximum Gasteiger partial charge on any atom is 0.165 e. The third-order valence-corrected chi connectivity index (χ3v) is 3.18. The van der Waals surface area contributed by atoms with Crippen molar-refractivity contribution >= 4 is 0 Å². The Morgan fingerprint density at radius 1 is 1.47 bits per heavy atom. The Bertz CT molecular complexity index is 395. The molecule has 17 heavy (non-hydrogen) atoms. The second-order valence-electron chi connectivity index (χ2n) is 4.63. The maximum absolute atomic E-state index is 13.7. The van der Waals surface area contributed by atoms with Crippen LogP contribution in [0.4, 0.5) is 4.39 Å². The van der Waals surface area contributed by atoms with Crippen LogP contribution >= 0.6 is 0 Å². The molecule has 2 rings (SSSR count). The molecule has 1 aromatic rings. The zero-order valence-electron chi connectivity index (χ0n) is 9.90. The van der Waals surface area contributed by atoms with Crippen molar-refractivity contribution in [1.82, 2.24) is 0 Å². The molecule has 4 heteroatoms. The second-order valence-corrected chi connectivity index (χ2v) is 4.63. The number of nitrogens with two attached hydrogens (primary N) is 1. The van der Waals surface area contributed by atoms with Gasteiger partial charge in [0.25, 0.3) is 0 Å². The van der Waals surface area contributed by atoms with Gasteiger partial charge in [0.15, 0.2) is 11.6 Å². The molecule has 0 aliphatic heterocycles. The van der Waals surface area contributed by atoms with Gasteiger partial charge in [-0.05, 0) is 43.9 Å². The quantitative estimate of drug-likeness (QED) is 0.849. The van der Waals surface area contributed by atoms with Gasteiger partial charge >= 0.3 is 0 Å². The van der Waals surface area contributed by atoms with Crippen LogP contribution in [0, 0.1) is 5.82 Å². The zero-order chi connectivity index (χ0) is 12.4. The molecule has 3 N–H and O–H groups in total. The first-order valence-electron chi connectivity index (χ1n) is 5.97. The minimum Gasteiger partial charge on any atom is -0.485 e. The number of halogens is 1. The van der Waals surface area contributed by atoms with Crippen molar-refractivity contribution in [2.24, 2.45) is 5.73 Å². The Balaban J connectivity index is 2.11. The first-order chi connectivity index (χ1) is 8.08. The molecule has 3 atom stereocenters. The van der Waals surface area contributed by atoms with E-state index in [0.717, 1.165) is 24.8 Å². The lowest BCUT2D eigenvalue weighted by atomic mass is 10.1. The van der Waals surface area contributed by atoms with Gasteiger partial charge < -0.3 is 15.6 Å². The standard InChI is InChI=1S/C13H18FNO2/c1-8(15)9-5-6-12(10(14)7-9)17-13-4-2-3-11(13)16/h5-8,11,13,16H,2-4,15H2,1H3. The van der Waals surface area contributed by atoms with Crippen molar-refractivity contribution in [1.29, 1.82) is 0 Å². The van der Waals surface area contributed by atoms with E-state index >= 15 is 0 Å². The van der Waals surface area contributed by atoms with Crippen LogP contribution in [-0.2, 0) is 0 Å². The van der Waals surface area contributed by atoms with Crippen LogP contribution in [0.15, 0.2) is 18.2 Å². The fourth-order valence-corrected chi connectivity index (χ4v) is 2.10. The Morgan fingerprint density at radius 3 is 2.76 bits per heavy atom. The highest BCUT2D eigenvalue weighted by molar-refractivity contribution is 5.31. The Labute approximate surface area is 100 Å². The summed E-state index contributed by atoms with van der Waals surface area (Å²) < 4.78 is 19.2. The summed E-state index contributed by atoms with van der Waals surface area (Å²) in [6.07, 6.45) is 1.65. The van der Waals surface area contributed by atoms with Crippen molar-refractivity contribution in [2.75, 3.05) is 0 Å². The van der Waals surface area contributed by atoms with E-state index in [0.29, 0.717) is 0 Å². The highest BCUT2D eigenvalue weighted by Gasteiger charge is 2.27. The normalized spacial score (nSPS) is 25.9. The molecule has 1 fully saturated rings. The molecule has 0 amide bonds. The number of aliphatic hydroxyl groups excluding tert-OH is 1. The average Bonchev–Trinajstić information content (AvgIpc) is 2.67. The molecule has 3 nitrogen and oxygen atoms in total. The molecule has 0 saturated heterocycles. The minimum atomic E-state index is -0.484. The van der Waals surface area contributed by atoms with Crippen molar-refractivity contribution in [3.8, 4) is 5.75 Å². The summed E-state index contributed by atoms with van der Waals surface area (Å²) in [4.78, 5) is 0. The number of hydrogen-bond donors (Lipinski definition) is 2. The molecule has 0 bridgehead atoms. The smallest absolute Gasteiger partial charge is 0.165 e. The van der Waals surface area contributed by atoms with Crippen LogP contribution < -0.4 is 10.5 Å². The molecule has 1 saturated carbocycles. The molecule has 1 aromatic carbocycles. The van der Waals surface area contributed by atoms with Gasteiger partial charge in [0.1, 0.15) is 6.10 Å². The second kappa shape index (κ2) is 5.02. The lowest BCUT2D eigenvalue weighted by molar-refractivity contribution is 0.0578. The first kappa shape index (κ1) is 12.3. The van der Waals surface area contributed by atoms with E-state index in [1.54, 1.807) is 19.1 Å². The van der Waals surface area contributed by atoms with Crippen molar-refractivity contribution in [2.45, 2.75) is 44.4 Å². The predicted molar refractivity (Wildman–Crippen MR) is 63.3 cm³/mol. The van der Waals surface area contributed by atoms with Crippen molar-refractivity contribution in [3.63, 3.8) is 0 Å². The zero-order valence-corrected chi connectivity index (χ0v) is 9.90. The molecular formula is C13H18FNO2. The van der Waals surface area contributed by atoms with Crippen LogP contribution in [0.3, 0.4) is 0 Å². The number of benzene rings is 1. The van der Waals surface area contributed by atoms with Crippen LogP contribution in [0.25, 0.3) is 0 Å². The molecule has 0 heterocycles. The Morgan fingerprint density at radius 2 is 2.24 bits per heavy atom. The summed E-state index contributed by atoms with van der Waals surface area (Å²) in [5, 5.41) is 9.62. The van der Waals surface area contributed by atoms with E-state index in [-0.39, 0.29) is 17.9 Å². The molecule has 0 radical (unpaired) electrons. The lowest BCUT2D eigenvalue weighted by Gasteiger charge is -2.18. The molecule has 3 unspecified atom stereocenters. The lowest BCUT2D eigenvalue weighted by Crippen LogP contribution is -2.26. The largest absolute Gasteiger partial charge is 0.485 e. The van der Waals surface area contributed by atoms with Gasteiger partial charge in [-0.15, -0.1) is 0 Å². The molecule has 0 spiro atoms. The van der Waals surface area contributed by atoms with Gasteiger partial charge in [0.2, 0.25) is 0 Å². The Hall–Kier alpha value is -1.13. The van der Waals surface area contributed by atoms with Crippen molar-refractivity contribution < 1.29 is 14.2 Å². The number of rotatable bonds is 3. The van der Waals surface area contributed by atoms with E-state index < -0.39 is 11.9 Å². The molecule has 1 aliphatic carbocycles.